The second kappa shape index (κ2) is 5.78. The first-order chi connectivity index (χ1) is 9.64. The Kier molecular flexibility index (Phi) is 4.21. The number of nitrogens with zero attached hydrogens (tertiary/aromatic N) is 1. The molecule has 2 atom stereocenters. The lowest BCUT2D eigenvalue weighted by molar-refractivity contribution is 0.0195. The molecule has 1 saturated heterocycles. The molecule has 0 amide bonds. The van der Waals surface area contributed by atoms with E-state index < -0.39 is 0 Å². The van der Waals surface area contributed by atoms with Crippen molar-refractivity contribution in [1.82, 2.24) is 4.90 Å². The van der Waals surface area contributed by atoms with E-state index in [-0.39, 0.29) is 5.54 Å². The second-order valence-corrected chi connectivity index (χ2v) is 7.47. The van der Waals surface area contributed by atoms with Crippen molar-refractivity contribution in [2.75, 3.05) is 13.1 Å². The Morgan fingerprint density at radius 1 is 1.35 bits per heavy atom. The van der Waals surface area contributed by atoms with Crippen LogP contribution in [0.2, 0.25) is 0 Å². The highest BCUT2D eigenvalue weighted by atomic mass is 79.9. The Hall–Kier alpha value is -0.380. The van der Waals surface area contributed by atoms with Gasteiger partial charge in [-0.05, 0) is 68.8 Å². The van der Waals surface area contributed by atoms with Crippen molar-refractivity contribution in [1.29, 1.82) is 0 Å². The van der Waals surface area contributed by atoms with Gasteiger partial charge in [-0.2, -0.15) is 0 Å². The van der Waals surface area contributed by atoms with Gasteiger partial charge >= 0.3 is 0 Å². The summed E-state index contributed by atoms with van der Waals surface area (Å²) in [6, 6.07) is 7.43. The standard InChI is InChI=1S/C17H25BrN2/c1-13-4-2-3-9-20(13)17(12-19)8-7-14-10-16(18)6-5-15(14)11-17/h5-6,10,13H,2-4,7-9,11-12,19H2,1H3. The van der Waals surface area contributed by atoms with Crippen LogP contribution < -0.4 is 5.73 Å². The maximum Gasteiger partial charge on any atom is 0.0378 e. The molecule has 0 bridgehead atoms. The number of hydrogen-bond donors (Lipinski definition) is 1. The number of hydrogen-bond acceptors (Lipinski definition) is 2. The third-order valence-electron chi connectivity index (χ3n) is 5.34. The molecule has 2 nitrogen and oxygen atoms in total. The summed E-state index contributed by atoms with van der Waals surface area (Å²) in [7, 11) is 0. The van der Waals surface area contributed by atoms with Gasteiger partial charge in [-0.1, -0.05) is 28.4 Å². The van der Waals surface area contributed by atoms with Gasteiger partial charge in [0.2, 0.25) is 0 Å². The molecule has 1 aromatic rings. The Morgan fingerprint density at radius 3 is 2.95 bits per heavy atom. The van der Waals surface area contributed by atoms with Crippen LogP contribution in [0.15, 0.2) is 22.7 Å². The summed E-state index contributed by atoms with van der Waals surface area (Å²) in [5.41, 5.74) is 9.47. The molecule has 1 fully saturated rings. The summed E-state index contributed by atoms with van der Waals surface area (Å²) in [6.45, 7) is 4.39. The summed E-state index contributed by atoms with van der Waals surface area (Å²) < 4.78 is 1.20. The number of piperidine rings is 1. The number of fused-ring (bicyclic) bond motifs is 1. The lowest BCUT2D eigenvalue weighted by Gasteiger charge is -2.51. The van der Waals surface area contributed by atoms with Crippen LogP contribution in [0, 0.1) is 0 Å². The van der Waals surface area contributed by atoms with Crippen LogP contribution in [0.3, 0.4) is 0 Å². The van der Waals surface area contributed by atoms with Gasteiger partial charge in [0.1, 0.15) is 0 Å². The monoisotopic (exact) mass is 336 g/mol. The maximum absolute atomic E-state index is 6.27. The van der Waals surface area contributed by atoms with Crippen LogP contribution in [0.25, 0.3) is 0 Å². The number of halogens is 1. The Balaban J connectivity index is 1.89. The highest BCUT2D eigenvalue weighted by Crippen LogP contribution is 2.37. The molecule has 1 aliphatic carbocycles. The van der Waals surface area contributed by atoms with Crippen LogP contribution in [0.4, 0.5) is 0 Å². The van der Waals surface area contributed by atoms with E-state index in [1.165, 1.54) is 47.8 Å². The van der Waals surface area contributed by atoms with E-state index >= 15 is 0 Å². The quantitative estimate of drug-likeness (QED) is 0.895. The zero-order valence-corrected chi connectivity index (χ0v) is 14.0. The van der Waals surface area contributed by atoms with E-state index in [9.17, 15) is 0 Å². The number of likely N-dealkylation sites (tertiary alicyclic amines) is 1. The molecule has 110 valence electrons. The summed E-state index contributed by atoms with van der Waals surface area (Å²) in [6.07, 6.45) is 7.53. The minimum Gasteiger partial charge on any atom is -0.329 e. The molecule has 1 heterocycles. The number of benzene rings is 1. The molecule has 3 heteroatoms. The van der Waals surface area contributed by atoms with E-state index in [2.05, 4.69) is 46.0 Å². The predicted octanol–water partition coefficient (Wildman–Crippen LogP) is 3.51. The first kappa shape index (κ1) is 14.6. The minimum atomic E-state index is 0.195. The summed E-state index contributed by atoms with van der Waals surface area (Å²) in [5, 5.41) is 0. The molecule has 20 heavy (non-hydrogen) atoms. The van der Waals surface area contributed by atoms with Crippen molar-refractivity contribution in [2.24, 2.45) is 5.73 Å². The SMILES string of the molecule is CC1CCCCN1C1(CN)CCc2cc(Br)ccc2C1. The second-order valence-electron chi connectivity index (χ2n) is 6.56. The van der Waals surface area contributed by atoms with Gasteiger partial charge < -0.3 is 5.73 Å². The molecule has 2 aliphatic rings. The van der Waals surface area contributed by atoms with E-state index in [1.807, 2.05) is 0 Å². The lowest BCUT2D eigenvalue weighted by atomic mass is 9.75. The minimum absolute atomic E-state index is 0.195. The average Bonchev–Trinajstić information content (AvgIpc) is 2.47. The fraction of sp³-hybridized carbons (Fsp3) is 0.647. The highest BCUT2D eigenvalue weighted by molar-refractivity contribution is 9.10. The van der Waals surface area contributed by atoms with Crippen molar-refractivity contribution in [3.05, 3.63) is 33.8 Å². The number of nitrogens with two attached hydrogens (primary N) is 1. The van der Waals surface area contributed by atoms with Crippen molar-refractivity contribution in [3.8, 4) is 0 Å². The molecule has 0 radical (unpaired) electrons. The fourth-order valence-corrected chi connectivity index (χ4v) is 4.56. The Labute approximate surface area is 130 Å². The number of aryl methyl sites for hydroxylation is 1. The molecule has 3 rings (SSSR count). The van der Waals surface area contributed by atoms with Crippen molar-refractivity contribution in [3.63, 3.8) is 0 Å². The van der Waals surface area contributed by atoms with E-state index in [1.54, 1.807) is 0 Å². The summed E-state index contributed by atoms with van der Waals surface area (Å²) >= 11 is 3.59. The van der Waals surface area contributed by atoms with Gasteiger partial charge in [0.25, 0.3) is 0 Å². The summed E-state index contributed by atoms with van der Waals surface area (Å²) in [5.74, 6) is 0. The van der Waals surface area contributed by atoms with E-state index in [0.29, 0.717) is 6.04 Å². The van der Waals surface area contributed by atoms with E-state index in [4.69, 9.17) is 5.73 Å². The first-order valence-corrected chi connectivity index (χ1v) is 8.68. The molecule has 1 aliphatic heterocycles. The molecule has 0 aromatic heterocycles. The highest BCUT2D eigenvalue weighted by Gasteiger charge is 2.41. The largest absolute Gasteiger partial charge is 0.329 e. The van der Waals surface area contributed by atoms with Crippen molar-refractivity contribution < 1.29 is 0 Å². The molecule has 2 unspecified atom stereocenters. The van der Waals surface area contributed by atoms with Crippen molar-refractivity contribution >= 4 is 15.9 Å². The van der Waals surface area contributed by atoms with E-state index in [0.717, 1.165) is 19.4 Å². The third kappa shape index (κ3) is 2.56. The molecule has 2 N–H and O–H groups in total. The molecular weight excluding hydrogens is 312 g/mol. The van der Waals surface area contributed by atoms with Crippen LogP contribution in [0.5, 0.6) is 0 Å². The Morgan fingerprint density at radius 2 is 2.20 bits per heavy atom. The fourth-order valence-electron chi connectivity index (χ4n) is 4.15. The van der Waals surface area contributed by atoms with Gasteiger partial charge in [-0.3, -0.25) is 4.90 Å². The van der Waals surface area contributed by atoms with Gasteiger partial charge in [-0.15, -0.1) is 0 Å². The predicted molar refractivity (Wildman–Crippen MR) is 88.0 cm³/mol. The van der Waals surface area contributed by atoms with Gasteiger partial charge in [0.05, 0.1) is 0 Å². The van der Waals surface area contributed by atoms with Crippen LogP contribution in [-0.2, 0) is 12.8 Å². The Bertz CT molecular complexity index is 488. The smallest absolute Gasteiger partial charge is 0.0378 e. The molecule has 0 spiro atoms. The van der Waals surface area contributed by atoms with Crippen LogP contribution in [-0.4, -0.2) is 29.6 Å². The molecule has 1 aromatic carbocycles. The van der Waals surface area contributed by atoms with Gasteiger partial charge in [-0.25, -0.2) is 0 Å². The third-order valence-corrected chi connectivity index (χ3v) is 5.83. The van der Waals surface area contributed by atoms with Crippen molar-refractivity contribution in [2.45, 2.75) is 57.0 Å². The van der Waals surface area contributed by atoms with Gasteiger partial charge in [0.15, 0.2) is 0 Å². The lowest BCUT2D eigenvalue weighted by Crippen LogP contribution is -2.61. The molecular formula is C17H25BrN2. The average molecular weight is 337 g/mol. The number of rotatable bonds is 2. The normalized spacial score (nSPS) is 31.1. The van der Waals surface area contributed by atoms with Crippen LogP contribution in [0.1, 0.15) is 43.7 Å². The zero-order chi connectivity index (χ0) is 14.2. The van der Waals surface area contributed by atoms with Gasteiger partial charge in [0, 0.05) is 22.6 Å². The maximum atomic E-state index is 6.27. The topological polar surface area (TPSA) is 29.3 Å². The summed E-state index contributed by atoms with van der Waals surface area (Å²) in [4.78, 5) is 2.72. The zero-order valence-electron chi connectivity index (χ0n) is 12.4. The molecule has 0 saturated carbocycles. The van der Waals surface area contributed by atoms with Crippen LogP contribution >= 0.6 is 15.9 Å². The first-order valence-electron chi connectivity index (χ1n) is 7.89.